The molecule has 0 saturated carbocycles. The van der Waals surface area contributed by atoms with Gasteiger partial charge >= 0.3 is 0 Å². The number of carbonyl (C=O) groups is 1. The summed E-state index contributed by atoms with van der Waals surface area (Å²) in [6.07, 6.45) is 0. The lowest BCUT2D eigenvalue weighted by Crippen LogP contribution is -2.19. The SMILES string of the molecule is CNC(=O)c1ccc(N)cc1NCc1cccc(CO)c1. The summed E-state index contributed by atoms with van der Waals surface area (Å²) in [4.78, 5) is 11.8. The summed E-state index contributed by atoms with van der Waals surface area (Å²) in [6.45, 7) is 0.552. The Morgan fingerprint density at radius 1 is 1.19 bits per heavy atom. The molecule has 0 unspecified atom stereocenters. The molecule has 2 aromatic carbocycles. The van der Waals surface area contributed by atoms with E-state index in [1.165, 1.54) is 0 Å². The molecule has 0 heterocycles. The van der Waals surface area contributed by atoms with Crippen molar-refractivity contribution in [2.24, 2.45) is 0 Å². The highest BCUT2D eigenvalue weighted by molar-refractivity contribution is 6.00. The van der Waals surface area contributed by atoms with Crippen LogP contribution in [0.3, 0.4) is 0 Å². The van der Waals surface area contributed by atoms with E-state index >= 15 is 0 Å². The number of aliphatic hydroxyl groups excluding tert-OH is 1. The summed E-state index contributed by atoms with van der Waals surface area (Å²) in [5, 5.41) is 15.0. The van der Waals surface area contributed by atoms with Gasteiger partial charge in [-0.05, 0) is 29.3 Å². The summed E-state index contributed by atoms with van der Waals surface area (Å²) in [6, 6.07) is 12.8. The summed E-state index contributed by atoms with van der Waals surface area (Å²) in [7, 11) is 1.59. The van der Waals surface area contributed by atoms with Gasteiger partial charge in [-0.3, -0.25) is 4.79 Å². The second-order valence-corrected chi connectivity index (χ2v) is 4.72. The Morgan fingerprint density at radius 2 is 1.95 bits per heavy atom. The van der Waals surface area contributed by atoms with E-state index in [4.69, 9.17) is 10.8 Å². The predicted molar refractivity (Wildman–Crippen MR) is 83.9 cm³/mol. The maximum absolute atomic E-state index is 11.8. The summed E-state index contributed by atoms with van der Waals surface area (Å²) in [5.74, 6) is -0.165. The molecule has 0 bridgehead atoms. The molecule has 0 aliphatic carbocycles. The van der Waals surface area contributed by atoms with E-state index in [2.05, 4.69) is 10.6 Å². The van der Waals surface area contributed by atoms with Crippen LogP contribution in [0.4, 0.5) is 11.4 Å². The van der Waals surface area contributed by atoms with Gasteiger partial charge in [0.2, 0.25) is 0 Å². The Bertz CT molecular complexity index is 641. The van der Waals surface area contributed by atoms with E-state index in [1.54, 1.807) is 25.2 Å². The van der Waals surface area contributed by atoms with Crippen LogP contribution in [0, 0.1) is 0 Å². The van der Waals surface area contributed by atoms with Gasteiger partial charge in [-0.25, -0.2) is 0 Å². The van der Waals surface area contributed by atoms with Crippen LogP contribution in [0.15, 0.2) is 42.5 Å². The molecule has 0 saturated heterocycles. The average Bonchev–Trinajstić information content (AvgIpc) is 2.52. The van der Waals surface area contributed by atoms with Crippen LogP contribution in [0.1, 0.15) is 21.5 Å². The van der Waals surface area contributed by atoms with Gasteiger partial charge in [0, 0.05) is 25.0 Å². The first-order valence-corrected chi connectivity index (χ1v) is 6.68. The number of hydrogen-bond donors (Lipinski definition) is 4. The lowest BCUT2D eigenvalue weighted by atomic mass is 10.1. The molecule has 5 N–H and O–H groups in total. The molecule has 110 valence electrons. The highest BCUT2D eigenvalue weighted by Crippen LogP contribution is 2.20. The summed E-state index contributed by atoms with van der Waals surface area (Å²) >= 11 is 0. The van der Waals surface area contributed by atoms with Crippen molar-refractivity contribution in [1.29, 1.82) is 0 Å². The standard InChI is InChI=1S/C16H19N3O2/c1-18-16(21)14-6-5-13(17)8-15(14)19-9-11-3-2-4-12(7-11)10-20/h2-8,19-20H,9-10,17H2,1H3,(H,18,21). The Hall–Kier alpha value is -2.53. The maximum Gasteiger partial charge on any atom is 0.253 e. The van der Waals surface area contributed by atoms with Crippen LogP contribution in [0.25, 0.3) is 0 Å². The first-order chi connectivity index (χ1) is 10.1. The number of nitrogen functional groups attached to an aromatic ring is 1. The van der Waals surface area contributed by atoms with Gasteiger partial charge in [-0.1, -0.05) is 24.3 Å². The van der Waals surface area contributed by atoms with Crippen LogP contribution in [-0.4, -0.2) is 18.1 Å². The van der Waals surface area contributed by atoms with Crippen molar-refractivity contribution in [1.82, 2.24) is 5.32 Å². The van der Waals surface area contributed by atoms with Crippen molar-refractivity contribution >= 4 is 17.3 Å². The smallest absolute Gasteiger partial charge is 0.253 e. The fourth-order valence-electron chi connectivity index (χ4n) is 2.08. The van der Waals surface area contributed by atoms with Crippen molar-refractivity contribution in [3.05, 3.63) is 59.2 Å². The zero-order chi connectivity index (χ0) is 15.2. The third-order valence-electron chi connectivity index (χ3n) is 3.17. The molecule has 0 fully saturated rings. The van der Waals surface area contributed by atoms with E-state index in [1.807, 2.05) is 24.3 Å². The Labute approximate surface area is 123 Å². The van der Waals surface area contributed by atoms with Crippen molar-refractivity contribution in [2.75, 3.05) is 18.1 Å². The Kier molecular flexibility index (Phi) is 4.79. The zero-order valence-corrected chi connectivity index (χ0v) is 11.9. The lowest BCUT2D eigenvalue weighted by molar-refractivity contribution is 0.0964. The lowest BCUT2D eigenvalue weighted by Gasteiger charge is -2.12. The third kappa shape index (κ3) is 3.73. The second-order valence-electron chi connectivity index (χ2n) is 4.72. The molecule has 0 aliphatic heterocycles. The van der Waals surface area contributed by atoms with E-state index in [9.17, 15) is 4.79 Å². The van der Waals surface area contributed by atoms with Crippen molar-refractivity contribution in [3.63, 3.8) is 0 Å². The normalized spacial score (nSPS) is 10.2. The maximum atomic E-state index is 11.8. The monoisotopic (exact) mass is 285 g/mol. The van der Waals surface area contributed by atoms with E-state index in [-0.39, 0.29) is 12.5 Å². The molecule has 0 radical (unpaired) electrons. The number of rotatable bonds is 5. The van der Waals surface area contributed by atoms with Gasteiger partial charge < -0.3 is 21.5 Å². The highest BCUT2D eigenvalue weighted by Gasteiger charge is 2.10. The van der Waals surface area contributed by atoms with Gasteiger partial charge in [-0.2, -0.15) is 0 Å². The molecular weight excluding hydrogens is 266 g/mol. The molecule has 1 amide bonds. The Morgan fingerprint density at radius 3 is 2.67 bits per heavy atom. The van der Waals surface area contributed by atoms with Gasteiger partial charge in [0.05, 0.1) is 12.2 Å². The van der Waals surface area contributed by atoms with E-state index in [0.717, 1.165) is 11.1 Å². The van der Waals surface area contributed by atoms with Crippen molar-refractivity contribution in [2.45, 2.75) is 13.2 Å². The number of benzene rings is 2. The van der Waals surface area contributed by atoms with Gasteiger partial charge in [-0.15, -0.1) is 0 Å². The van der Waals surface area contributed by atoms with Crippen LogP contribution < -0.4 is 16.4 Å². The summed E-state index contributed by atoms with van der Waals surface area (Å²) in [5.41, 5.74) is 9.48. The first-order valence-electron chi connectivity index (χ1n) is 6.68. The summed E-state index contributed by atoms with van der Waals surface area (Å²) < 4.78 is 0. The van der Waals surface area contributed by atoms with Crippen molar-refractivity contribution < 1.29 is 9.90 Å². The number of nitrogens with one attached hydrogen (secondary N) is 2. The molecular formula is C16H19N3O2. The molecule has 5 nitrogen and oxygen atoms in total. The fourth-order valence-corrected chi connectivity index (χ4v) is 2.08. The molecule has 0 spiro atoms. The molecule has 2 aromatic rings. The number of hydrogen-bond acceptors (Lipinski definition) is 4. The first kappa shape index (κ1) is 14.9. The number of carbonyl (C=O) groups excluding carboxylic acids is 1. The number of aliphatic hydroxyl groups is 1. The molecule has 0 aliphatic rings. The van der Waals surface area contributed by atoms with Gasteiger partial charge in [0.25, 0.3) is 5.91 Å². The minimum Gasteiger partial charge on any atom is -0.399 e. The fraction of sp³-hybridized carbons (Fsp3) is 0.188. The minimum atomic E-state index is -0.165. The third-order valence-corrected chi connectivity index (χ3v) is 3.17. The van der Waals surface area contributed by atoms with Crippen molar-refractivity contribution in [3.8, 4) is 0 Å². The van der Waals surface area contributed by atoms with Crippen LogP contribution in [0.2, 0.25) is 0 Å². The number of amides is 1. The second kappa shape index (κ2) is 6.76. The molecule has 21 heavy (non-hydrogen) atoms. The van der Waals surface area contributed by atoms with E-state index < -0.39 is 0 Å². The van der Waals surface area contributed by atoms with E-state index in [0.29, 0.717) is 23.5 Å². The predicted octanol–water partition coefficient (Wildman–Crippen LogP) is 1.73. The van der Waals surface area contributed by atoms with Crippen LogP contribution in [-0.2, 0) is 13.2 Å². The molecule has 5 heteroatoms. The van der Waals surface area contributed by atoms with Gasteiger partial charge in [0.15, 0.2) is 0 Å². The average molecular weight is 285 g/mol. The topological polar surface area (TPSA) is 87.4 Å². The minimum absolute atomic E-state index is 0.00954. The molecule has 0 atom stereocenters. The quantitative estimate of drug-likeness (QED) is 0.630. The number of anilines is 2. The largest absolute Gasteiger partial charge is 0.399 e. The Balaban J connectivity index is 2.18. The highest BCUT2D eigenvalue weighted by atomic mass is 16.3. The van der Waals surface area contributed by atoms with Gasteiger partial charge in [0.1, 0.15) is 0 Å². The molecule has 0 aromatic heterocycles. The van der Waals surface area contributed by atoms with Crippen LogP contribution >= 0.6 is 0 Å². The zero-order valence-electron chi connectivity index (χ0n) is 11.9. The molecule has 2 rings (SSSR count). The number of nitrogens with two attached hydrogens (primary N) is 1. The van der Waals surface area contributed by atoms with Crippen LogP contribution in [0.5, 0.6) is 0 Å².